The van der Waals surface area contributed by atoms with E-state index >= 15 is 0 Å². The molecule has 1 N–H and O–H groups in total. The molecule has 0 atom stereocenters. The predicted molar refractivity (Wildman–Crippen MR) is 62.0 cm³/mol. The molecule has 1 saturated carbocycles. The van der Waals surface area contributed by atoms with Gasteiger partial charge >= 0.3 is 0 Å². The predicted octanol–water partition coefficient (Wildman–Crippen LogP) is 2.72. The number of anilines is 2. The van der Waals surface area contributed by atoms with Gasteiger partial charge in [0.2, 0.25) is 0 Å². The second-order valence-corrected chi connectivity index (χ2v) is 4.22. The molecule has 1 aliphatic carbocycles. The van der Waals surface area contributed by atoms with Crippen LogP contribution >= 0.6 is 0 Å². The zero-order valence-corrected chi connectivity index (χ0v) is 8.96. The fourth-order valence-electron chi connectivity index (χ4n) is 1.66. The molecule has 1 fully saturated rings. The van der Waals surface area contributed by atoms with Gasteiger partial charge in [-0.2, -0.15) is 0 Å². The Morgan fingerprint density at radius 1 is 1.29 bits per heavy atom. The lowest BCUT2D eigenvalue weighted by molar-refractivity contribution is 0.445. The van der Waals surface area contributed by atoms with Crippen molar-refractivity contribution >= 4 is 11.4 Å². The quantitative estimate of drug-likeness (QED) is 0.788. The van der Waals surface area contributed by atoms with E-state index in [4.69, 9.17) is 0 Å². The fraction of sp³-hybridized carbons (Fsp3) is 0.500. The summed E-state index contributed by atoms with van der Waals surface area (Å²) in [5, 5.41) is 3.55. The van der Waals surface area contributed by atoms with Crippen LogP contribution in [0.3, 0.4) is 0 Å². The first-order chi connectivity index (χ1) is 6.75. The molecule has 2 rings (SSSR count). The lowest BCUT2D eigenvalue weighted by atomic mass is 9.93. The highest BCUT2D eigenvalue weighted by atomic mass is 15.1. The largest absolute Gasteiger partial charge is 0.382 e. The van der Waals surface area contributed by atoms with Gasteiger partial charge in [-0.25, -0.2) is 0 Å². The van der Waals surface area contributed by atoms with Gasteiger partial charge in [0.25, 0.3) is 0 Å². The second kappa shape index (κ2) is 3.91. The number of hydrogen-bond donors (Lipinski definition) is 1. The van der Waals surface area contributed by atoms with Crippen LogP contribution in [0.4, 0.5) is 11.4 Å². The SMILES string of the molecule is CN(C)c1cccc(NC2CCC2)c1. The van der Waals surface area contributed by atoms with Crippen LogP contribution in [0.5, 0.6) is 0 Å². The van der Waals surface area contributed by atoms with Crippen LogP contribution in [0.25, 0.3) is 0 Å². The van der Waals surface area contributed by atoms with Gasteiger partial charge in [-0.15, -0.1) is 0 Å². The molecule has 2 heteroatoms. The molecule has 0 bridgehead atoms. The number of hydrogen-bond acceptors (Lipinski definition) is 2. The van der Waals surface area contributed by atoms with E-state index in [0.29, 0.717) is 6.04 Å². The summed E-state index contributed by atoms with van der Waals surface area (Å²) >= 11 is 0. The van der Waals surface area contributed by atoms with Gasteiger partial charge in [-0.3, -0.25) is 0 Å². The molecule has 0 spiro atoms. The van der Waals surface area contributed by atoms with Gasteiger partial charge in [0.05, 0.1) is 0 Å². The second-order valence-electron chi connectivity index (χ2n) is 4.22. The summed E-state index contributed by atoms with van der Waals surface area (Å²) in [6.07, 6.45) is 4.03. The van der Waals surface area contributed by atoms with E-state index in [9.17, 15) is 0 Å². The molecule has 0 heterocycles. The van der Waals surface area contributed by atoms with Gasteiger partial charge in [0, 0.05) is 31.5 Å². The molecule has 1 aliphatic rings. The highest BCUT2D eigenvalue weighted by molar-refractivity contribution is 5.57. The monoisotopic (exact) mass is 190 g/mol. The standard InChI is InChI=1S/C12H18N2/c1-14(2)12-8-4-7-11(9-12)13-10-5-3-6-10/h4,7-10,13H,3,5-6H2,1-2H3. The Labute approximate surface area is 85.9 Å². The van der Waals surface area contributed by atoms with E-state index in [0.717, 1.165) is 0 Å². The summed E-state index contributed by atoms with van der Waals surface area (Å²) in [7, 11) is 4.14. The van der Waals surface area contributed by atoms with Gasteiger partial charge < -0.3 is 10.2 Å². The van der Waals surface area contributed by atoms with Crippen molar-refractivity contribution in [3.05, 3.63) is 24.3 Å². The number of nitrogens with one attached hydrogen (secondary N) is 1. The topological polar surface area (TPSA) is 15.3 Å². The third-order valence-corrected chi connectivity index (χ3v) is 2.84. The average Bonchev–Trinajstić information content (AvgIpc) is 2.12. The molecule has 0 saturated heterocycles. The van der Waals surface area contributed by atoms with Gasteiger partial charge in [0.15, 0.2) is 0 Å². The molecule has 0 aliphatic heterocycles. The minimum Gasteiger partial charge on any atom is -0.382 e. The van der Waals surface area contributed by atoms with Crippen LogP contribution in [0.1, 0.15) is 19.3 Å². The minimum absolute atomic E-state index is 0.715. The molecule has 0 amide bonds. The zero-order chi connectivity index (χ0) is 9.97. The first-order valence-electron chi connectivity index (χ1n) is 5.29. The molecule has 0 radical (unpaired) electrons. The average molecular weight is 190 g/mol. The molecule has 76 valence electrons. The van der Waals surface area contributed by atoms with E-state index in [1.807, 2.05) is 0 Å². The van der Waals surface area contributed by atoms with Crippen molar-refractivity contribution in [1.29, 1.82) is 0 Å². The van der Waals surface area contributed by atoms with Crippen molar-refractivity contribution in [3.8, 4) is 0 Å². The van der Waals surface area contributed by atoms with Crippen molar-refractivity contribution in [3.63, 3.8) is 0 Å². The van der Waals surface area contributed by atoms with Crippen LogP contribution in [0, 0.1) is 0 Å². The molecule has 14 heavy (non-hydrogen) atoms. The summed E-state index contributed by atoms with van der Waals surface area (Å²) in [6.45, 7) is 0. The summed E-state index contributed by atoms with van der Waals surface area (Å²) < 4.78 is 0. The Bertz CT molecular complexity index is 303. The number of rotatable bonds is 3. The van der Waals surface area contributed by atoms with Crippen molar-refractivity contribution in [2.45, 2.75) is 25.3 Å². The Morgan fingerprint density at radius 3 is 2.64 bits per heavy atom. The summed E-state index contributed by atoms with van der Waals surface area (Å²) in [6, 6.07) is 9.30. The highest BCUT2D eigenvalue weighted by Crippen LogP contribution is 2.25. The maximum absolute atomic E-state index is 3.55. The Hall–Kier alpha value is -1.18. The summed E-state index contributed by atoms with van der Waals surface area (Å²) in [5.74, 6) is 0. The smallest absolute Gasteiger partial charge is 0.0381 e. The lowest BCUT2D eigenvalue weighted by Gasteiger charge is -2.28. The Morgan fingerprint density at radius 2 is 2.07 bits per heavy atom. The third-order valence-electron chi connectivity index (χ3n) is 2.84. The maximum atomic E-state index is 3.55. The van der Waals surface area contributed by atoms with Gasteiger partial charge in [-0.1, -0.05) is 6.07 Å². The first kappa shape index (κ1) is 9.38. The van der Waals surface area contributed by atoms with E-state index in [1.165, 1.54) is 30.6 Å². The first-order valence-corrected chi connectivity index (χ1v) is 5.29. The summed E-state index contributed by atoms with van der Waals surface area (Å²) in [5.41, 5.74) is 2.51. The van der Waals surface area contributed by atoms with Crippen molar-refractivity contribution in [1.82, 2.24) is 0 Å². The van der Waals surface area contributed by atoms with E-state index in [1.54, 1.807) is 0 Å². The number of nitrogens with zero attached hydrogens (tertiary/aromatic N) is 1. The number of benzene rings is 1. The molecule has 0 aromatic heterocycles. The minimum atomic E-state index is 0.715. The zero-order valence-electron chi connectivity index (χ0n) is 8.96. The van der Waals surface area contributed by atoms with Crippen LogP contribution in [-0.4, -0.2) is 20.1 Å². The van der Waals surface area contributed by atoms with Gasteiger partial charge in [-0.05, 0) is 37.5 Å². The van der Waals surface area contributed by atoms with Gasteiger partial charge in [0.1, 0.15) is 0 Å². The molecule has 0 unspecified atom stereocenters. The van der Waals surface area contributed by atoms with Crippen molar-refractivity contribution in [2.75, 3.05) is 24.3 Å². The highest BCUT2D eigenvalue weighted by Gasteiger charge is 2.16. The third kappa shape index (κ3) is 2.00. The van der Waals surface area contributed by atoms with Crippen molar-refractivity contribution in [2.24, 2.45) is 0 Å². The van der Waals surface area contributed by atoms with E-state index in [2.05, 4.69) is 48.6 Å². The van der Waals surface area contributed by atoms with Crippen LogP contribution < -0.4 is 10.2 Å². The normalized spacial score (nSPS) is 16.1. The fourth-order valence-corrected chi connectivity index (χ4v) is 1.66. The summed E-state index contributed by atoms with van der Waals surface area (Å²) in [4.78, 5) is 2.13. The molecule has 1 aromatic rings. The van der Waals surface area contributed by atoms with Crippen LogP contribution in [-0.2, 0) is 0 Å². The molecular weight excluding hydrogens is 172 g/mol. The molecule has 2 nitrogen and oxygen atoms in total. The van der Waals surface area contributed by atoms with Crippen LogP contribution in [0.15, 0.2) is 24.3 Å². The molecule has 1 aromatic carbocycles. The van der Waals surface area contributed by atoms with Crippen LogP contribution in [0.2, 0.25) is 0 Å². The molecular formula is C12H18N2. The lowest BCUT2D eigenvalue weighted by Crippen LogP contribution is -2.27. The van der Waals surface area contributed by atoms with E-state index < -0.39 is 0 Å². The van der Waals surface area contributed by atoms with Crippen molar-refractivity contribution < 1.29 is 0 Å². The Balaban J connectivity index is 2.05. The maximum Gasteiger partial charge on any atom is 0.0381 e. The van der Waals surface area contributed by atoms with E-state index in [-0.39, 0.29) is 0 Å². The Kier molecular flexibility index (Phi) is 2.62.